The number of hydroxylamine groups is 1. The Bertz CT molecular complexity index is 152. The quantitative estimate of drug-likeness (QED) is 0.297. The number of nitrogens with one attached hydrogen (secondary N) is 1. The molecule has 4 nitrogen and oxygen atoms in total. The van der Waals surface area contributed by atoms with Gasteiger partial charge in [-0.1, -0.05) is 38.5 Å². The Kier molecular flexibility index (Phi) is 11.0. The number of amides is 1. The summed E-state index contributed by atoms with van der Waals surface area (Å²) in [5, 5.41) is 8.25. The normalized spacial score (nSPS) is 10.3. The zero-order chi connectivity index (χ0) is 11.4. The van der Waals surface area contributed by atoms with E-state index in [0.29, 0.717) is 6.42 Å². The molecule has 0 radical (unpaired) electrons. The van der Waals surface area contributed by atoms with Gasteiger partial charge < -0.3 is 5.73 Å². The van der Waals surface area contributed by atoms with Crippen LogP contribution >= 0.6 is 0 Å². The molecular weight excluding hydrogens is 192 g/mol. The van der Waals surface area contributed by atoms with Crippen LogP contribution in [0, 0.1) is 0 Å². The summed E-state index contributed by atoms with van der Waals surface area (Å²) < 4.78 is 0. The predicted octanol–water partition coefficient (Wildman–Crippen LogP) is 1.96. The lowest BCUT2D eigenvalue weighted by Crippen LogP contribution is -2.17. The fraction of sp³-hybridized carbons (Fsp3) is 0.909. The van der Waals surface area contributed by atoms with Crippen LogP contribution in [-0.2, 0) is 4.79 Å². The minimum atomic E-state index is -0.280. The van der Waals surface area contributed by atoms with Gasteiger partial charge in [-0.05, 0) is 19.4 Å². The van der Waals surface area contributed by atoms with Crippen molar-refractivity contribution in [2.24, 2.45) is 5.73 Å². The van der Waals surface area contributed by atoms with Gasteiger partial charge in [-0.25, -0.2) is 5.48 Å². The molecule has 0 fully saturated rings. The first-order valence-electron chi connectivity index (χ1n) is 5.94. The highest BCUT2D eigenvalue weighted by Crippen LogP contribution is 2.09. The zero-order valence-electron chi connectivity index (χ0n) is 9.50. The van der Waals surface area contributed by atoms with E-state index >= 15 is 0 Å². The fourth-order valence-electron chi connectivity index (χ4n) is 1.55. The third-order valence-corrected chi connectivity index (χ3v) is 2.48. The Morgan fingerprint density at radius 1 is 0.933 bits per heavy atom. The highest BCUT2D eigenvalue weighted by atomic mass is 16.5. The molecule has 0 aliphatic carbocycles. The fourth-order valence-corrected chi connectivity index (χ4v) is 1.55. The third kappa shape index (κ3) is 11.3. The van der Waals surface area contributed by atoms with Crippen LogP contribution in [0.2, 0.25) is 0 Å². The van der Waals surface area contributed by atoms with Crippen molar-refractivity contribution in [1.29, 1.82) is 0 Å². The molecule has 15 heavy (non-hydrogen) atoms. The maximum absolute atomic E-state index is 10.6. The summed E-state index contributed by atoms with van der Waals surface area (Å²) in [6.45, 7) is 0.802. The Morgan fingerprint density at radius 2 is 1.40 bits per heavy atom. The first-order valence-corrected chi connectivity index (χ1v) is 5.94. The highest BCUT2D eigenvalue weighted by molar-refractivity contribution is 5.74. The largest absolute Gasteiger partial charge is 0.330 e. The van der Waals surface area contributed by atoms with Gasteiger partial charge in [-0.3, -0.25) is 10.0 Å². The van der Waals surface area contributed by atoms with E-state index in [4.69, 9.17) is 10.9 Å². The van der Waals surface area contributed by atoms with E-state index in [9.17, 15) is 4.79 Å². The molecule has 90 valence electrons. The van der Waals surface area contributed by atoms with Gasteiger partial charge in [0.1, 0.15) is 0 Å². The van der Waals surface area contributed by atoms with Crippen molar-refractivity contribution < 1.29 is 10.0 Å². The average Bonchev–Trinajstić information content (AvgIpc) is 2.26. The number of unbranched alkanes of at least 4 members (excludes halogenated alkanes) is 7. The molecule has 0 atom stereocenters. The molecule has 1 amide bonds. The smallest absolute Gasteiger partial charge is 0.243 e. The van der Waals surface area contributed by atoms with Gasteiger partial charge in [0.05, 0.1) is 0 Å². The minimum Gasteiger partial charge on any atom is -0.330 e. The van der Waals surface area contributed by atoms with Gasteiger partial charge in [0.2, 0.25) is 5.91 Å². The van der Waals surface area contributed by atoms with Crippen LogP contribution in [0.5, 0.6) is 0 Å². The van der Waals surface area contributed by atoms with Crippen molar-refractivity contribution in [3.8, 4) is 0 Å². The van der Waals surface area contributed by atoms with Crippen LogP contribution in [0.1, 0.15) is 57.8 Å². The summed E-state index contributed by atoms with van der Waals surface area (Å²) in [7, 11) is 0. The van der Waals surface area contributed by atoms with Crippen LogP contribution in [0.15, 0.2) is 0 Å². The summed E-state index contributed by atoms with van der Waals surface area (Å²) in [6, 6.07) is 0. The number of rotatable bonds is 10. The Morgan fingerprint density at radius 3 is 1.87 bits per heavy atom. The molecular formula is C11H24N2O2. The van der Waals surface area contributed by atoms with Gasteiger partial charge in [0.15, 0.2) is 0 Å². The van der Waals surface area contributed by atoms with Crippen LogP contribution < -0.4 is 11.2 Å². The SMILES string of the molecule is NCCCCCCCCCCC(=O)NO. The molecule has 4 N–H and O–H groups in total. The van der Waals surface area contributed by atoms with E-state index in [1.165, 1.54) is 32.1 Å². The first kappa shape index (κ1) is 14.4. The number of carbonyl (C=O) groups excluding carboxylic acids is 1. The molecule has 0 bridgehead atoms. The first-order chi connectivity index (χ1) is 7.31. The second-order valence-corrected chi connectivity index (χ2v) is 3.90. The molecule has 0 saturated carbocycles. The molecule has 0 aromatic rings. The highest BCUT2D eigenvalue weighted by Gasteiger charge is 1.97. The molecule has 0 spiro atoms. The van der Waals surface area contributed by atoms with Crippen molar-refractivity contribution in [2.75, 3.05) is 6.54 Å². The molecule has 0 aromatic heterocycles. The van der Waals surface area contributed by atoms with Gasteiger partial charge in [-0.15, -0.1) is 0 Å². The summed E-state index contributed by atoms with van der Waals surface area (Å²) in [6.07, 6.45) is 9.72. The van der Waals surface area contributed by atoms with Gasteiger partial charge >= 0.3 is 0 Å². The van der Waals surface area contributed by atoms with Crippen molar-refractivity contribution in [3.63, 3.8) is 0 Å². The molecule has 0 saturated heterocycles. The average molecular weight is 216 g/mol. The molecule has 0 aliphatic rings. The van der Waals surface area contributed by atoms with E-state index < -0.39 is 0 Å². The second kappa shape index (κ2) is 11.5. The maximum Gasteiger partial charge on any atom is 0.243 e. The van der Waals surface area contributed by atoms with E-state index in [1.54, 1.807) is 5.48 Å². The number of hydrogen-bond donors (Lipinski definition) is 3. The lowest BCUT2D eigenvalue weighted by Gasteiger charge is -2.01. The van der Waals surface area contributed by atoms with E-state index in [1.807, 2.05) is 0 Å². The van der Waals surface area contributed by atoms with Crippen LogP contribution in [-0.4, -0.2) is 17.7 Å². The molecule has 0 aliphatic heterocycles. The summed E-state index contributed by atoms with van der Waals surface area (Å²) in [5.41, 5.74) is 7.03. The predicted molar refractivity (Wildman–Crippen MR) is 60.5 cm³/mol. The van der Waals surface area contributed by atoms with E-state index in [-0.39, 0.29) is 5.91 Å². The lowest BCUT2D eigenvalue weighted by atomic mass is 10.1. The molecule has 0 heterocycles. The number of hydrogen-bond acceptors (Lipinski definition) is 3. The summed E-state index contributed by atoms with van der Waals surface area (Å²) in [5.74, 6) is -0.280. The summed E-state index contributed by atoms with van der Waals surface area (Å²) in [4.78, 5) is 10.6. The molecule has 0 aromatic carbocycles. The topological polar surface area (TPSA) is 75.4 Å². The Hall–Kier alpha value is -0.610. The number of carbonyl (C=O) groups is 1. The van der Waals surface area contributed by atoms with Crippen molar-refractivity contribution >= 4 is 5.91 Å². The second-order valence-electron chi connectivity index (χ2n) is 3.90. The summed E-state index contributed by atoms with van der Waals surface area (Å²) >= 11 is 0. The minimum absolute atomic E-state index is 0.280. The lowest BCUT2D eigenvalue weighted by molar-refractivity contribution is -0.129. The Balaban J connectivity index is 2.95. The van der Waals surface area contributed by atoms with Crippen molar-refractivity contribution in [1.82, 2.24) is 5.48 Å². The standard InChI is InChI=1S/C11H24N2O2/c12-10-8-6-4-2-1-3-5-7-9-11(14)13-15/h15H,1-10,12H2,(H,13,14). The van der Waals surface area contributed by atoms with E-state index in [2.05, 4.69) is 0 Å². The van der Waals surface area contributed by atoms with Gasteiger partial charge in [0, 0.05) is 6.42 Å². The molecule has 0 rings (SSSR count). The van der Waals surface area contributed by atoms with Gasteiger partial charge in [0.25, 0.3) is 0 Å². The van der Waals surface area contributed by atoms with Crippen molar-refractivity contribution in [2.45, 2.75) is 57.8 Å². The molecule has 4 heteroatoms. The monoisotopic (exact) mass is 216 g/mol. The maximum atomic E-state index is 10.6. The van der Waals surface area contributed by atoms with Gasteiger partial charge in [-0.2, -0.15) is 0 Å². The van der Waals surface area contributed by atoms with E-state index in [0.717, 1.165) is 25.8 Å². The Labute approximate surface area is 92.2 Å². The van der Waals surface area contributed by atoms with Crippen LogP contribution in [0.25, 0.3) is 0 Å². The van der Waals surface area contributed by atoms with Crippen LogP contribution in [0.3, 0.4) is 0 Å². The van der Waals surface area contributed by atoms with Crippen molar-refractivity contribution in [3.05, 3.63) is 0 Å². The third-order valence-electron chi connectivity index (χ3n) is 2.48. The number of nitrogens with two attached hydrogens (primary N) is 1. The zero-order valence-corrected chi connectivity index (χ0v) is 9.50. The van der Waals surface area contributed by atoms with Crippen LogP contribution in [0.4, 0.5) is 0 Å². The molecule has 0 unspecified atom stereocenters.